The van der Waals surface area contributed by atoms with Gasteiger partial charge < -0.3 is 5.32 Å². The Morgan fingerprint density at radius 2 is 2.10 bits per heavy atom. The molecule has 0 saturated heterocycles. The van der Waals surface area contributed by atoms with E-state index in [-0.39, 0.29) is 0 Å². The van der Waals surface area contributed by atoms with Crippen molar-refractivity contribution in [3.05, 3.63) is 51.7 Å². The molecule has 2 rings (SSSR count). The highest BCUT2D eigenvalue weighted by atomic mass is 35.5. The van der Waals surface area contributed by atoms with Crippen LogP contribution >= 0.6 is 34.7 Å². The third-order valence-corrected chi connectivity index (χ3v) is 5.70. The lowest BCUT2D eigenvalue weighted by Gasteiger charge is -2.17. The highest BCUT2D eigenvalue weighted by Crippen LogP contribution is 2.27. The normalized spacial score (nSPS) is 12.5. The summed E-state index contributed by atoms with van der Waals surface area (Å²) in [6.07, 6.45) is 2.32. The van der Waals surface area contributed by atoms with Crippen LogP contribution in [0.5, 0.6) is 0 Å². The third kappa shape index (κ3) is 5.13. The monoisotopic (exact) mass is 325 g/mol. The van der Waals surface area contributed by atoms with Crippen molar-refractivity contribution < 1.29 is 0 Å². The van der Waals surface area contributed by atoms with Crippen molar-refractivity contribution in [3.63, 3.8) is 0 Å². The number of benzene rings is 1. The minimum Gasteiger partial charge on any atom is -0.313 e. The summed E-state index contributed by atoms with van der Waals surface area (Å²) < 4.78 is 0. The summed E-state index contributed by atoms with van der Waals surface area (Å²) in [6, 6.07) is 12.9. The molecule has 1 heterocycles. The van der Waals surface area contributed by atoms with E-state index in [1.165, 1.54) is 16.2 Å². The first-order valence-electron chi connectivity index (χ1n) is 6.92. The molecule has 1 unspecified atom stereocenters. The van der Waals surface area contributed by atoms with Crippen molar-refractivity contribution in [1.29, 1.82) is 0 Å². The number of nitrogens with one attached hydrogen (secondary N) is 1. The van der Waals surface area contributed by atoms with Gasteiger partial charge in [-0.25, -0.2) is 0 Å². The Hall–Kier alpha value is -0.480. The molecule has 0 aliphatic rings. The summed E-state index contributed by atoms with van der Waals surface area (Å²) >= 11 is 9.89. The van der Waals surface area contributed by atoms with Crippen LogP contribution in [0.2, 0.25) is 5.02 Å². The number of hydrogen-bond donors (Lipinski definition) is 1. The van der Waals surface area contributed by atoms with E-state index in [2.05, 4.69) is 35.8 Å². The Morgan fingerprint density at radius 1 is 1.25 bits per heavy atom. The highest BCUT2D eigenvalue weighted by molar-refractivity contribution is 7.99. The van der Waals surface area contributed by atoms with Crippen molar-refractivity contribution in [2.24, 2.45) is 0 Å². The fourth-order valence-corrected chi connectivity index (χ4v) is 4.13. The van der Waals surface area contributed by atoms with Crippen molar-refractivity contribution in [2.75, 3.05) is 12.3 Å². The lowest BCUT2D eigenvalue weighted by Crippen LogP contribution is -2.31. The van der Waals surface area contributed by atoms with Crippen LogP contribution in [0, 0.1) is 0 Å². The van der Waals surface area contributed by atoms with Crippen molar-refractivity contribution in [2.45, 2.75) is 30.7 Å². The maximum atomic E-state index is 6.20. The fourth-order valence-electron chi connectivity index (χ4n) is 2.06. The van der Waals surface area contributed by atoms with Crippen molar-refractivity contribution in [3.8, 4) is 0 Å². The summed E-state index contributed by atoms with van der Waals surface area (Å²) in [7, 11) is 0. The van der Waals surface area contributed by atoms with Crippen LogP contribution in [0.4, 0.5) is 0 Å². The molecule has 4 heteroatoms. The van der Waals surface area contributed by atoms with Gasteiger partial charge in [0.2, 0.25) is 0 Å². The minimum atomic E-state index is 0.531. The van der Waals surface area contributed by atoms with Crippen LogP contribution in [0.1, 0.15) is 18.2 Å². The first kappa shape index (κ1) is 15.9. The van der Waals surface area contributed by atoms with Crippen LogP contribution in [0.15, 0.2) is 46.7 Å². The number of thioether (sulfide) groups is 1. The third-order valence-electron chi connectivity index (χ3n) is 3.09. The number of aryl methyl sites for hydroxylation is 1. The Balaban J connectivity index is 1.84. The number of thiophene rings is 1. The molecular weight excluding hydrogens is 306 g/mol. The average molecular weight is 326 g/mol. The van der Waals surface area contributed by atoms with Gasteiger partial charge in [0, 0.05) is 21.6 Å². The van der Waals surface area contributed by atoms with Gasteiger partial charge in [-0.2, -0.15) is 0 Å². The molecular formula is C16H20ClNS2. The fraction of sp³-hybridized carbons (Fsp3) is 0.375. The van der Waals surface area contributed by atoms with Gasteiger partial charge in [0.15, 0.2) is 0 Å². The second-order valence-corrected chi connectivity index (χ2v) is 7.12. The Bertz CT molecular complexity index is 499. The SMILES string of the molecule is CCNC(CCc1cccs1)CSc1ccccc1Cl. The van der Waals surface area contributed by atoms with E-state index in [0.29, 0.717) is 6.04 Å². The van der Waals surface area contributed by atoms with Gasteiger partial charge >= 0.3 is 0 Å². The van der Waals surface area contributed by atoms with E-state index >= 15 is 0 Å². The molecule has 0 aliphatic heterocycles. The average Bonchev–Trinajstić information content (AvgIpc) is 2.97. The van der Waals surface area contributed by atoms with Gasteiger partial charge in [0.25, 0.3) is 0 Å². The maximum Gasteiger partial charge on any atom is 0.0541 e. The molecule has 0 fully saturated rings. The van der Waals surface area contributed by atoms with Gasteiger partial charge in [0.05, 0.1) is 5.02 Å². The molecule has 0 spiro atoms. The molecule has 1 aromatic heterocycles. The van der Waals surface area contributed by atoms with Crippen LogP contribution in [-0.2, 0) is 6.42 Å². The largest absolute Gasteiger partial charge is 0.313 e. The predicted octanol–water partition coefficient (Wildman–Crippen LogP) is 5.10. The molecule has 0 aliphatic carbocycles. The van der Waals surface area contributed by atoms with Gasteiger partial charge in [-0.3, -0.25) is 0 Å². The molecule has 0 bridgehead atoms. The lowest BCUT2D eigenvalue weighted by molar-refractivity contribution is 0.539. The first-order valence-corrected chi connectivity index (χ1v) is 9.17. The highest BCUT2D eigenvalue weighted by Gasteiger charge is 2.10. The summed E-state index contributed by atoms with van der Waals surface area (Å²) in [5.74, 6) is 1.06. The number of hydrogen-bond acceptors (Lipinski definition) is 3. The number of halogens is 1. The summed E-state index contributed by atoms with van der Waals surface area (Å²) in [4.78, 5) is 2.64. The first-order chi connectivity index (χ1) is 9.79. The molecule has 1 nitrogen and oxygen atoms in total. The van der Waals surface area contributed by atoms with Crippen molar-refractivity contribution >= 4 is 34.7 Å². The zero-order valence-corrected chi connectivity index (χ0v) is 14.0. The standard InChI is InChI=1S/C16H20ClNS2/c1-2-18-13(9-10-14-6-5-11-19-14)12-20-16-8-4-3-7-15(16)17/h3-8,11,13,18H,2,9-10,12H2,1H3. The van der Waals surface area contributed by atoms with E-state index < -0.39 is 0 Å². The Labute approximate surface area is 134 Å². The van der Waals surface area contributed by atoms with Crippen LogP contribution < -0.4 is 5.32 Å². The van der Waals surface area contributed by atoms with E-state index in [4.69, 9.17) is 11.6 Å². The zero-order chi connectivity index (χ0) is 14.2. The summed E-state index contributed by atoms with van der Waals surface area (Å²) in [6.45, 7) is 3.18. The van der Waals surface area contributed by atoms with Crippen molar-refractivity contribution in [1.82, 2.24) is 5.32 Å². The molecule has 1 aromatic carbocycles. The minimum absolute atomic E-state index is 0.531. The molecule has 0 saturated carbocycles. The predicted molar refractivity (Wildman–Crippen MR) is 92.3 cm³/mol. The quantitative estimate of drug-likeness (QED) is 0.677. The molecule has 1 N–H and O–H groups in total. The lowest BCUT2D eigenvalue weighted by atomic mass is 10.1. The second kappa shape index (κ2) is 8.73. The maximum absolute atomic E-state index is 6.20. The van der Waals surface area contributed by atoms with Gasteiger partial charge in [-0.1, -0.05) is 36.7 Å². The van der Waals surface area contributed by atoms with Gasteiger partial charge in [-0.15, -0.1) is 23.1 Å². The Morgan fingerprint density at radius 3 is 2.80 bits per heavy atom. The second-order valence-electron chi connectivity index (χ2n) is 4.61. The van der Waals surface area contributed by atoms with E-state index in [1.54, 1.807) is 0 Å². The van der Waals surface area contributed by atoms with Crippen LogP contribution in [0.3, 0.4) is 0 Å². The molecule has 0 amide bonds. The Kier molecular flexibility index (Phi) is 6.94. The molecule has 108 valence electrons. The smallest absolute Gasteiger partial charge is 0.0541 e. The van der Waals surface area contributed by atoms with E-state index in [9.17, 15) is 0 Å². The molecule has 20 heavy (non-hydrogen) atoms. The molecule has 1 atom stereocenters. The summed E-state index contributed by atoms with van der Waals surface area (Å²) in [5, 5.41) is 6.58. The van der Waals surface area contributed by atoms with E-state index in [1.807, 2.05) is 41.3 Å². The molecule has 0 radical (unpaired) electrons. The van der Waals surface area contributed by atoms with Gasteiger partial charge in [0.1, 0.15) is 0 Å². The van der Waals surface area contributed by atoms with Gasteiger partial charge in [-0.05, 0) is 43.0 Å². The summed E-state index contributed by atoms with van der Waals surface area (Å²) in [5.41, 5.74) is 0. The van der Waals surface area contributed by atoms with Crippen LogP contribution in [0.25, 0.3) is 0 Å². The van der Waals surface area contributed by atoms with Crippen LogP contribution in [-0.4, -0.2) is 18.3 Å². The zero-order valence-electron chi connectivity index (χ0n) is 11.6. The number of rotatable bonds is 8. The van der Waals surface area contributed by atoms with E-state index in [0.717, 1.165) is 23.7 Å². The molecule has 2 aromatic rings. The topological polar surface area (TPSA) is 12.0 Å².